The standard InChI is InChI=1S/C17H17F3N4O3S/c18-12-7-11(8-13(19)16(12)20)22-17(25)10-2-4-23-14(6-10)15(9-21-23)24-3-1-5-28(24,26)27/h7-10H,1-6H2,(H,22,25). The van der Waals surface area contributed by atoms with Gasteiger partial charge in [0.05, 0.1) is 23.3 Å². The summed E-state index contributed by atoms with van der Waals surface area (Å²) in [5.41, 5.74) is 0.921. The van der Waals surface area contributed by atoms with Gasteiger partial charge in [-0.1, -0.05) is 0 Å². The smallest absolute Gasteiger partial charge is 0.235 e. The van der Waals surface area contributed by atoms with E-state index in [0.717, 1.165) is 0 Å². The van der Waals surface area contributed by atoms with Crippen molar-refractivity contribution >= 4 is 27.3 Å². The number of nitrogens with zero attached hydrogens (tertiary/aromatic N) is 3. The fourth-order valence-corrected chi connectivity index (χ4v) is 5.21. The topological polar surface area (TPSA) is 84.3 Å². The summed E-state index contributed by atoms with van der Waals surface area (Å²) < 4.78 is 67.1. The van der Waals surface area contributed by atoms with E-state index in [-0.39, 0.29) is 17.9 Å². The van der Waals surface area contributed by atoms with Crippen LogP contribution in [0.5, 0.6) is 0 Å². The highest BCUT2D eigenvalue weighted by atomic mass is 32.2. The molecule has 1 aromatic heterocycles. The lowest BCUT2D eigenvalue weighted by atomic mass is 9.94. The van der Waals surface area contributed by atoms with Crippen LogP contribution >= 0.6 is 0 Å². The van der Waals surface area contributed by atoms with Crippen LogP contribution in [0.25, 0.3) is 0 Å². The van der Waals surface area contributed by atoms with Crippen LogP contribution < -0.4 is 9.62 Å². The third-order valence-corrected chi connectivity index (χ3v) is 6.90. The Labute approximate surface area is 159 Å². The van der Waals surface area contributed by atoms with Crippen molar-refractivity contribution in [3.63, 3.8) is 0 Å². The van der Waals surface area contributed by atoms with Gasteiger partial charge in [-0.25, -0.2) is 21.6 Å². The van der Waals surface area contributed by atoms with Gasteiger partial charge in [0.2, 0.25) is 15.9 Å². The van der Waals surface area contributed by atoms with Crippen molar-refractivity contribution in [2.45, 2.75) is 25.8 Å². The second-order valence-electron chi connectivity index (χ2n) is 6.87. The third kappa shape index (κ3) is 3.23. The number of aryl methyl sites for hydroxylation is 1. The Morgan fingerprint density at radius 1 is 1.18 bits per heavy atom. The van der Waals surface area contributed by atoms with Crippen molar-refractivity contribution in [1.29, 1.82) is 0 Å². The molecule has 0 aliphatic carbocycles. The lowest BCUT2D eigenvalue weighted by Crippen LogP contribution is -2.32. The number of fused-ring (bicyclic) bond motifs is 1. The Kier molecular flexibility index (Phi) is 4.56. The fourth-order valence-electron chi connectivity index (χ4n) is 3.63. The number of aromatic nitrogens is 2. The molecule has 1 aromatic carbocycles. The zero-order chi connectivity index (χ0) is 20.1. The molecule has 1 N–H and O–H groups in total. The van der Waals surface area contributed by atoms with Crippen LogP contribution in [0.2, 0.25) is 0 Å². The number of hydrogen-bond acceptors (Lipinski definition) is 4. The summed E-state index contributed by atoms with van der Waals surface area (Å²) in [5.74, 6) is -5.32. The van der Waals surface area contributed by atoms with E-state index in [1.54, 1.807) is 4.68 Å². The zero-order valence-corrected chi connectivity index (χ0v) is 15.5. The number of rotatable bonds is 3. The Balaban J connectivity index is 1.54. The summed E-state index contributed by atoms with van der Waals surface area (Å²) in [6.07, 6.45) is 2.68. The quantitative estimate of drug-likeness (QED) is 0.779. The molecule has 1 atom stereocenters. The summed E-state index contributed by atoms with van der Waals surface area (Å²) >= 11 is 0. The highest BCUT2D eigenvalue weighted by molar-refractivity contribution is 7.93. The number of carbonyl (C=O) groups is 1. The molecule has 150 valence electrons. The summed E-state index contributed by atoms with van der Waals surface area (Å²) in [4.78, 5) is 12.6. The van der Waals surface area contributed by atoms with Crippen LogP contribution in [0.3, 0.4) is 0 Å². The molecule has 0 spiro atoms. The van der Waals surface area contributed by atoms with Crippen LogP contribution in [0.4, 0.5) is 24.5 Å². The molecular formula is C17H17F3N4O3S. The minimum Gasteiger partial charge on any atom is -0.326 e. The molecule has 4 rings (SSSR count). The molecule has 28 heavy (non-hydrogen) atoms. The highest BCUT2D eigenvalue weighted by Crippen LogP contribution is 2.33. The van der Waals surface area contributed by atoms with Gasteiger partial charge < -0.3 is 5.32 Å². The summed E-state index contributed by atoms with van der Waals surface area (Å²) in [6.45, 7) is 0.777. The van der Waals surface area contributed by atoms with Crippen molar-refractivity contribution in [3.05, 3.63) is 41.5 Å². The van der Waals surface area contributed by atoms with Crippen LogP contribution in [0.1, 0.15) is 18.5 Å². The van der Waals surface area contributed by atoms with Gasteiger partial charge in [-0.15, -0.1) is 0 Å². The van der Waals surface area contributed by atoms with Crippen LogP contribution in [0.15, 0.2) is 18.3 Å². The number of anilines is 2. The SMILES string of the molecule is O=C(Nc1cc(F)c(F)c(F)c1)C1CCn2ncc(N3CCCS3(=O)=O)c2C1. The Morgan fingerprint density at radius 2 is 1.89 bits per heavy atom. The molecule has 0 saturated carbocycles. The van der Waals surface area contributed by atoms with E-state index in [9.17, 15) is 26.4 Å². The van der Waals surface area contributed by atoms with Gasteiger partial charge in [-0.05, 0) is 12.8 Å². The molecule has 7 nitrogen and oxygen atoms in total. The minimum atomic E-state index is -3.38. The average Bonchev–Trinajstić information content (AvgIpc) is 3.20. The fraction of sp³-hybridized carbons (Fsp3) is 0.412. The first-order valence-corrected chi connectivity index (χ1v) is 10.4. The number of halogens is 3. The van der Waals surface area contributed by atoms with E-state index < -0.39 is 39.3 Å². The Hall–Kier alpha value is -2.56. The first-order valence-electron chi connectivity index (χ1n) is 8.77. The maximum absolute atomic E-state index is 13.3. The van der Waals surface area contributed by atoms with Gasteiger partial charge in [0.15, 0.2) is 17.5 Å². The van der Waals surface area contributed by atoms with E-state index in [2.05, 4.69) is 10.4 Å². The average molecular weight is 414 g/mol. The minimum absolute atomic E-state index is 0.0726. The Morgan fingerprint density at radius 3 is 2.54 bits per heavy atom. The molecule has 1 fully saturated rings. The molecule has 1 unspecified atom stereocenters. The van der Waals surface area contributed by atoms with Crippen LogP contribution in [-0.4, -0.2) is 36.4 Å². The van der Waals surface area contributed by atoms with E-state index in [4.69, 9.17) is 0 Å². The number of benzene rings is 1. The van der Waals surface area contributed by atoms with Gasteiger partial charge in [-0.3, -0.25) is 13.8 Å². The van der Waals surface area contributed by atoms with Gasteiger partial charge in [0, 0.05) is 43.2 Å². The Bertz CT molecular complexity index is 1030. The van der Waals surface area contributed by atoms with Crippen molar-refractivity contribution in [3.8, 4) is 0 Å². The normalized spacial score (nSPS) is 20.8. The predicted molar refractivity (Wildman–Crippen MR) is 94.7 cm³/mol. The molecule has 2 aliphatic rings. The zero-order valence-electron chi connectivity index (χ0n) is 14.7. The molecule has 1 saturated heterocycles. The van der Waals surface area contributed by atoms with Crippen molar-refractivity contribution in [1.82, 2.24) is 9.78 Å². The van der Waals surface area contributed by atoms with Crippen LogP contribution in [-0.2, 0) is 27.8 Å². The second kappa shape index (κ2) is 6.80. The van der Waals surface area contributed by atoms with Crippen molar-refractivity contribution < 1.29 is 26.4 Å². The van der Waals surface area contributed by atoms with E-state index in [1.807, 2.05) is 0 Å². The molecule has 3 heterocycles. The maximum atomic E-state index is 13.3. The molecular weight excluding hydrogens is 397 g/mol. The summed E-state index contributed by atoms with van der Waals surface area (Å²) in [5, 5.41) is 6.62. The van der Waals surface area contributed by atoms with E-state index in [0.29, 0.717) is 49.4 Å². The maximum Gasteiger partial charge on any atom is 0.235 e. The van der Waals surface area contributed by atoms with Crippen LogP contribution in [0, 0.1) is 23.4 Å². The summed E-state index contributed by atoms with van der Waals surface area (Å²) in [7, 11) is -3.38. The lowest BCUT2D eigenvalue weighted by molar-refractivity contribution is -0.120. The molecule has 2 aliphatic heterocycles. The lowest BCUT2D eigenvalue weighted by Gasteiger charge is -2.25. The van der Waals surface area contributed by atoms with E-state index in [1.165, 1.54) is 10.5 Å². The van der Waals surface area contributed by atoms with Gasteiger partial charge in [-0.2, -0.15) is 5.10 Å². The number of amides is 1. The molecule has 1 amide bonds. The van der Waals surface area contributed by atoms with Crippen molar-refractivity contribution in [2.75, 3.05) is 21.9 Å². The molecule has 11 heteroatoms. The largest absolute Gasteiger partial charge is 0.326 e. The first-order chi connectivity index (χ1) is 13.3. The third-order valence-electron chi connectivity index (χ3n) is 5.05. The molecule has 0 radical (unpaired) electrons. The molecule has 2 aromatic rings. The second-order valence-corrected chi connectivity index (χ2v) is 8.89. The predicted octanol–water partition coefficient (Wildman–Crippen LogP) is 2.04. The van der Waals surface area contributed by atoms with Gasteiger partial charge >= 0.3 is 0 Å². The van der Waals surface area contributed by atoms with Crippen molar-refractivity contribution in [2.24, 2.45) is 5.92 Å². The summed E-state index contributed by atoms with van der Waals surface area (Å²) in [6, 6.07) is 1.43. The van der Waals surface area contributed by atoms with Gasteiger partial charge in [0.1, 0.15) is 0 Å². The number of sulfonamides is 1. The van der Waals surface area contributed by atoms with Gasteiger partial charge in [0.25, 0.3) is 0 Å². The number of hydrogen-bond donors (Lipinski definition) is 1. The number of carbonyl (C=O) groups excluding carboxylic acids is 1. The first kappa shape index (κ1) is 18.8. The highest BCUT2D eigenvalue weighted by Gasteiger charge is 2.35. The molecule has 0 bridgehead atoms. The van der Waals surface area contributed by atoms with E-state index >= 15 is 0 Å². The number of nitrogens with one attached hydrogen (secondary N) is 1. The monoisotopic (exact) mass is 414 g/mol.